The van der Waals surface area contributed by atoms with Crippen LogP contribution >= 0.6 is 0 Å². The van der Waals surface area contributed by atoms with Crippen LogP contribution in [0.25, 0.3) is 0 Å². The highest BCUT2D eigenvalue weighted by molar-refractivity contribution is 5.75. The van der Waals surface area contributed by atoms with Crippen LogP contribution < -0.4 is 0 Å². The summed E-state index contributed by atoms with van der Waals surface area (Å²) in [6, 6.07) is 9.01. The first-order valence-corrected chi connectivity index (χ1v) is 8.19. The fraction of sp³-hybridized carbons (Fsp3) is 0.500. The lowest BCUT2D eigenvalue weighted by molar-refractivity contribution is -0.150. The van der Waals surface area contributed by atoms with E-state index in [2.05, 4.69) is 0 Å². The van der Waals surface area contributed by atoms with Crippen LogP contribution in [0.3, 0.4) is 0 Å². The smallest absolute Gasteiger partial charge is 0.410 e. The fourth-order valence-electron chi connectivity index (χ4n) is 2.80. The molecule has 0 aliphatic carbocycles. The molecule has 0 aromatic heterocycles. The average molecular weight is 349 g/mol. The number of methoxy groups -OCH3 is 1. The van der Waals surface area contributed by atoms with Gasteiger partial charge in [-0.1, -0.05) is 30.3 Å². The van der Waals surface area contributed by atoms with Crippen molar-refractivity contribution in [2.75, 3.05) is 20.3 Å². The molecule has 1 saturated heterocycles. The Labute approximate surface area is 146 Å². The Kier molecular flexibility index (Phi) is 6.80. The SMILES string of the molecule is COC(=O)[C@H]1CC[C@H](COC(C)=O)N(C(=O)OCc2ccccc2)C1. The van der Waals surface area contributed by atoms with E-state index in [0.717, 1.165) is 5.56 Å². The Morgan fingerprint density at radius 2 is 1.84 bits per heavy atom. The average Bonchev–Trinajstić information content (AvgIpc) is 2.64. The van der Waals surface area contributed by atoms with Crippen molar-refractivity contribution in [2.24, 2.45) is 5.92 Å². The minimum atomic E-state index is -0.533. The van der Waals surface area contributed by atoms with Gasteiger partial charge in [-0.05, 0) is 18.4 Å². The first kappa shape index (κ1) is 18.8. The molecular formula is C18H23NO6. The van der Waals surface area contributed by atoms with Crippen molar-refractivity contribution in [3.05, 3.63) is 35.9 Å². The van der Waals surface area contributed by atoms with E-state index in [1.807, 2.05) is 30.3 Å². The van der Waals surface area contributed by atoms with E-state index in [4.69, 9.17) is 14.2 Å². The number of rotatable bonds is 5. The van der Waals surface area contributed by atoms with Crippen molar-refractivity contribution < 1.29 is 28.6 Å². The van der Waals surface area contributed by atoms with Gasteiger partial charge in [-0.3, -0.25) is 9.59 Å². The van der Waals surface area contributed by atoms with Gasteiger partial charge in [-0.15, -0.1) is 0 Å². The summed E-state index contributed by atoms with van der Waals surface area (Å²) in [6.07, 6.45) is 0.573. The third-order valence-electron chi connectivity index (χ3n) is 4.16. The molecule has 2 rings (SSSR count). The van der Waals surface area contributed by atoms with Gasteiger partial charge in [0.2, 0.25) is 0 Å². The number of benzene rings is 1. The summed E-state index contributed by atoms with van der Waals surface area (Å²) in [4.78, 5) is 36.8. The van der Waals surface area contributed by atoms with Gasteiger partial charge >= 0.3 is 18.0 Å². The molecule has 0 radical (unpaired) electrons. The predicted molar refractivity (Wildman–Crippen MR) is 88.5 cm³/mol. The first-order chi connectivity index (χ1) is 12.0. The standard InChI is InChI=1S/C18H23NO6/c1-13(20)24-12-16-9-8-15(17(21)23-2)10-19(16)18(22)25-11-14-6-4-3-5-7-14/h3-7,15-16H,8-12H2,1-2H3/t15-,16+/m0/s1. The van der Waals surface area contributed by atoms with Gasteiger partial charge in [-0.25, -0.2) is 4.79 Å². The van der Waals surface area contributed by atoms with Crippen LogP contribution in [-0.4, -0.2) is 49.2 Å². The molecule has 2 atom stereocenters. The number of hydrogen-bond donors (Lipinski definition) is 0. The second-order valence-electron chi connectivity index (χ2n) is 5.95. The number of piperidine rings is 1. The van der Waals surface area contributed by atoms with Crippen LogP contribution in [0.1, 0.15) is 25.3 Å². The summed E-state index contributed by atoms with van der Waals surface area (Å²) < 4.78 is 15.2. The number of likely N-dealkylation sites (tertiary alicyclic amines) is 1. The lowest BCUT2D eigenvalue weighted by Gasteiger charge is -2.37. The monoisotopic (exact) mass is 349 g/mol. The molecule has 7 heteroatoms. The molecule has 1 amide bonds. The van der Waals surface area contributed by atoms with Crippen LogP contribution in [0, 0.1) is 5.92 Å². The normalized spacial score (nSPS) is 19.8. The molecule has 7 nitrogen and oxygen atoms in total. The Hall–Kier alpha value is -2.57. The molecule has 0 unspecified atom stereocenters. The zero-order valence-electron chi connectivity index (χ0n) is 14.5. The Morgan fingerprint density at radius 3 is 2.48 bits per heavy atom. The minimum Gasteiger partial charge on any atom is -0.469 e. The highest BCUT2D eigenvalue weighted by atomic mass is 16.6. The summed E-state index contributed by atoms with van der Waals surface area (Å²) in [7, 11) is 1.32. The molecule has 1 aromatic carbocycles. The summed E-state index contributed by atoms with van der Waals surface area (Å²) in [5.74, 6) is -1.16. The molecule has 1 aromatic rings. The highest BCUT2D eigenvalue weighted by Crippen LogP contribution is 2.24. The maximum absolute atomic E-state index is 12.5. The Bertz CT molecular complexity index is 603. The van der Waals surface area contributed by atoms with Gasteiger partial charge in [0.25, 0.3) is 0 Å². The van der Waals surface area contributed by atoms with Gasteiger partial charge in [0.1, 0.15) is 13.2 Å². The van der Waals surface area contributed by atoms with Gasteiger partial charge in [0, 0.05) is 13.5 Å². The van der Waals surface area contributed by atoms with E-state index < -0.39 is 18.0 Å². The lowest BCUT2D eigenvalue weighted by Crippen LogP contribution is -2.51. The number of carbonyl (C=O) groups excluding carboxylic acids is 3. The van der Waals surface area contributed by atoms with Crippen molar-refractivity contribution in [2.45, 2.75) is 32.4 Å². The highest BCUT2D eigenvalue weighted by Gasteiger charge is 2.36. The van der Waals surface area contributed by atoms with Crippen molar-refractivity contribution in [1.82, 2.24) is 4.90 Å². The minimum absolute atomic E-state index is 0.0870. The molecule has 0 N–H and O–H groups in total. The molecule has 1 aliphatic rings. The lowest BCUT2D eigenvalue weighted by atomic mass is 9.93. The fourth-order valence-corrected chi connectivity index (χ4v) is 2.80. The first-order valence-electron chi connectivity index (χ1n) is 8.19. The summed E-state index contributed by atoms with van der Waals surface area (Å²) >= 11 is 0. The van der Waals surface area contributed by atoms with E-state index in [1.165, 1.54) is 18.9 Å². The van der Waals surface area contributed by atoms with Crippen LogP contribution in [-0.2, 0) is 30.4 Å². The molecule has 25 heavy (non-hydrogen) atoms. The number of hydrogen-bond acceptors (Lipinski definition) is 6. The zero-order valence-corrected chi connectivity index (χ0v) is 14.5. The summed E-state index contributed by atoms with van der Waals surface area (Å²) in [6.45, 7) is 1.73. The Balaban J connectivity index is 2.01. The topological polar surface area (TPSA) is 82.1 Å². The third kappa shape index (κ3) is 5.48. The van der Waals surface area contributed by atoms with Gasteiger partial charge in [-0.2, -0.15) is 0 Å². The van der Waals surface area contributed by atoms with Crippen LogP contribution in [0.2, 0.25) is 0 Å². The molecule has 0 bridgehead atoms. The third-order valence-corrected chi connectivity index (χ3v) is 4.16. The van der Waals surface area contributed by atoms with Crippen molar-refractivity contribution in [3.8, 4) is 0 Å². The molecule has 1 aliphatic heterocycles. The van der Waals surface area contributed by atoms with Crippen LogP contribution in [0.4, 0.5) is 4.79 Å². The van der Waals surface area contributed by atoms with E-state index in [0.29, 0.717) is 12.8 Å². The number of carbonyl (C=O) groups is 3. The largest absolute Gasteiger partial charge is 0.469 e. The van der Waals surface area contributed by atoms with Gasteiger partial charge in [0.15, 0.2) is 0 Å². The Morgan fingerprint density at radius 1 is 1.12 bits per heavy atom. The van der Waals surface area contributed by atoms with Crippen molar-refractivity contribution in [1.29, 1.82) is 0 Å². The summed E-state index contributed by atoms with van der Waals surface area (Å²) in [5.41, 5.74) is 0.869. The second-order valence-corrected chi connectivity index (χ2v) is 5.95. The number of amides is 1. The van der Waals surface area contributed by atoms with Crippen molar-refractivity contribution in [3.63, 3.8) is 0 Å². The number of nitrogens with zero attached hydrogens (tertiary/aromatic N) is 1. The second kappa shape index (κ2) is 9.05. The van der Waals surface area contributed by atoms with E-state index in [-0.39, 0.29) is 31.8 Å². The number of esters is 2. The van der Waals surface area contributed by atoms with Crippen LogP contribution in [0.5, 0.6) is 0 Å². The molecule has 0 spiro atoms. The zero-order chi connectivity index (χ0) is 18.2. The van der Waals surface area contributed by atoms with Crippen molar-refractivity contribution >= 4 is 18.0 Å². The molecule has 0 saturated carbocycles. The van der Waals surface area contributed by atoms with E-state index >= 15 is 0 Å². The summed E-state index contributed by atoms with van der Waals surface area (Å²) in [5, 5.41) is 0. The van der Waals surface area contributed by atoms with Gasteiger partial charge < -0.3 is 19.1 Å². The molecular weight excluding hydrogens is 326 g/mol. The van der Waals surface area contributed by atoms with E-state index in [9.17, 15) is 14.4 Å². The maximum Gasteiger partial charge on any atom is 0.410 e. The quantitative estimate of drug-likeness (QED) is 0.598. The number of ether oxygens (including phenoxy) is 3. The van der Waals surface area contributed by atoms with E-state index in [1.54, 1.807) is 0 Å². The molecule has 1 fully saturated rings. The van der Waals surface area contributed by atoms with Crippen LogP contribution in [0.15, 0.2) is 30.3 Å². The van der Waals surface area contributed by atoms with Gasteiger partial charge in [0.05, 0.1) is 19.1 Å². The molecule has 1 heterocycles. The maximum atomic E-state index is 12.5. The predicted octanol–water partition coefficient (Wildman–Crippen LogP) is 2.14. The molecule has 136 valence electrons.